The first-order valence-electron chi connectivity index (χ1n) is 6.06. The Kier molecular flexibility index (Phi) is 5.42. The molecule has 21 heavy (non-hydrogen) atoms. The van der Waals surface area contributed by atoms with E-state index in [2.05, 4.69) is 21.2 Å². The normalized spacial score (nSPS) is 11.0. The Balaban J connectivity index is 2.78. The summed E-state index contributed by atoms with van der Waals surface area (Å²) in [6, 6.07) is 4.24. The van der Waals surface area contributed by atoms with E-state index in [-0.39, 0.29) is 18.5 Å². The van der Waals surface area contributed by atoms with Crippen molar-refractivity contribution in [3.8, 4) is 0 Å². The molecule has 1 amide bonds. The highest BCUT2D eigenvalue weighted by molar-refractivity contribution is 9.10. The highest BCUT2D eigenvalue weighted by atomic mass is 79.9. The van der Waals surface area contributed by atoms with Crippen molar-refractivity contribution in [3.63, 3.8) is 0 Å². The molecule has 0 unspecified atom stereocenters. The van der Waals surface area contributed by atoms with Crippen LogP contribution in [0.1, 0.15) is 26.7 Å². The molecule has 0 spiro atoms. The first-order chi connectivity index (χ1) is 9.60. The standard InChI is InChI=1S/C13H15BrN2O5/c1-13(2,7-12(18)19)6-11(17)15-8-3-4-9(14)10(5-8)16(20)21/h3-5H,6-7H2,1-2H3,(H,15,17)(H,18,19). The van der Waals surface area contributed by atoms with Crippen LogP contribution in [0.15, 0.2) is 22.7 Å². The van der Waals surface area contributed by atoms with Gasteiger partial charge in [-0.25, -0.2) is 0 Å². The number of carboxylic acid groups (broad SMARTS) is 1. The van der Waals surface area contributed by atoms with Crippen molar-refractivity contribution in [1.82, 2.24) is 0 Å². The summed E-state index contributed by atoms with van der Waals surface area (Å²) in [6.07, 6.45) is -0.135. The summed E-state index contributed by atoms with van der Waals surface area (Å²) in [7, 11) is 0. The number of hydrogen-bond acceptors (Lipinski definition) is 4. The highest BCUT2D eigenvalue weighted by Crippen LogP contribution is 2.29. The number of halogens is 1. The molecule has 0 aliphatic heterocycles. The summed E-state index contributed by atoms with van der Waals surface area (Å²) >= 11 is 3.05. The molecule has 1 rings (SSSR count). The molecule has 0 aliphatic carbocycles. The van der Waals surface area contributed by atoms with E-state index in [4.69, 9.17) is 5.11 Å². The number of benzene rings is 1. The molecule has 0 aliphatic rings. The molecule has 0 saturated heterocycles. The van der Waals surface area contributed by atoms with Crippen LogP contribution in [-0.4, -0.2) is 21.9 Å². The molecule has 0 fully saturated rings. The SMILES string of the molecule is CC(C)(CC(=O)O)CC(=O)Nc1ccc(Br)c([N+](=O)[O-])c1. The van der Waals surface area contributed by atoms with Gasteiger partial charge in [0, 0.05) is 18.2 Å². The van der Waals surface area contributed by atoms with Crippen LogP contribution in [0.2, 0.25) is 0 Å². The molecule has 0 bridgehead atoms. The van der Waals surface area contributed by atoms with Crippen LogP contribution in [0.25, 0.3) is 0 Å². The summed E-state index contributed by atoms with van der Waals surface area (Å²) in [4.78, 5) is 32.8. The smallest absolute Gasteiger partial charge is 0.303 e. The number of carbonyl (C=O) groups is 2. The Morgan fingerprint density at radius 3 is 2.52 bits per heavy atom. The Labute approximate surface area is 129 Å². The van der Waals surface area contributed by atoms with Crippen LogP contribution < -0.4 is 5.32 Å². The van der Waals surface area contributed by atoms with E-state index in [1.807, 2.05) is 0 Å². The zero-order valence-electron chi connectivity index (χ0n) is 11.6. The van der Waals surface area contributed by atoms with E-state index >= 15 is 0 Å². The van der Waals surface area contributed by atoms with E-state index in [1.54, 1.807) is 13.8 Å². The quantitative estimate of drug-likeness (QED) is 0.599. The number of carbonyl (C=O) groups excluding carboxylic acids is 1. The minimum atomic E-state index is -0.980. The molecule has 8 heteroatoms. The van der Waals surface area contributed by atoms with Crippen LogP contribution in [0.5, 0.6) is 0 Å². The predicted octanol–water partition coefficient (Wildman–Crippen LogP) is 3.19. The number of hydrogen-bond donors (Lipinski definition) is 2. The monoisotopic (exact) mass is 358 g/mol. The van der Waals surface area contributed by atoms with Crippen molar-refractivity contribution in [2.24, 2.45) is 5.41 Å². The number of nitro benzene ring substituents is 1. The van der Waals surface area contributed by atoms with Gasteiger partial charge in [0.1, 0.15) is 0 Å². The zero-order chi connectivity index (χ0) is 16.2. The van der Waals surface area contributed by atoms with Gasteiger partial charge in [-0.15, -0.1) is 0 Å². The number of rotatable bonds is 6. The first kappa shape index (κ1) is 17.1. The molecule has 0 aromatic heterocycles. The molecule has 1 aromatic carbocycles. The van der Waals surface area contributed by atoms with Gasteiger partial charge in [-0.05, 0) is 33.5 Å². The molecule has 114 valence electrons. The summed E-state index contributed by atoms with van der Waals surface area (Å²) < 4.78 is 0.316. The van der Waals surface area contributed by atoms with Gasteiger partial charge in [-0.1, -0.05) is 13.8 Å². The summed E-state index contributed by atoms with van der Waals surface area (Å²) in [5.41, 5.74) is -0.560. The van der Waals surface area contributed by atoms with Crippen LogP contribution in [0.4, 0.5) is 11.4 Å². The van der Waals surface area contributed by atoms with Crippen molar-refractivity contribution in [1.29, 1.82) is 0 Å². The number of nitrogens with one attached hydrogen (secondary N) is 1. The van der Waals surface area contributed by atoms with Gasteiger partial charge in [0.05, 0.1) is 15.8 Å². The Bertz CT molecular complexity index is 586. The maximum absolute atomic E-state index is 11.9. The van der Waals surface area contributed by atoms with Gasteiger partial charge in [0.25, 0.3) is 5.69 Å². The lowest BCUT2D eigenvalue weighted by Gasteiger charge is -2.21. The van der Waals surface area contributed by atoms with Crippen LogP contribution in [0.3, 0.4) is 0 Å². The van der Waals surface area contributed by atoms with Crippen LogP contribution in [-0.2, 0) is 9.59 Å². The molecule has 0 saturated carbocycles. The van der Waals surface area contributed by atoms with Crippen molar-refractivity contribution in [2.75, 3.05) is 5.32 Å². The molecular formula is C13H15BrN2O5. The van der Waals surface area contributed by atoms with Gasteiger partial charge in [-0.2, -0.15) is 0 Å². The number of nitrogens with zero attached hydrogens (tertiary/aromatic N) is 1. The fraction of sp³-hybridized carbons (Fsp3) is 0.385. The number of carboxylic acids is 1. The Hall–Kier alpha value is -1.96. The van der Waals surface area contributed by atoms with E-state index in [9.17, 15) is 19.7 Å². The van der Waals surface area contributed by atoms with Gasteiger partial charge in [-0.3, -0.25) is 19.7 Å². The number of amides is 1. The third-order valence-corrected chi connectivity index (χ3v) is 3.37. The van der Waals surface area contributed by atoms with Crippen molar-refractivity contribution in [3.05, 3.63) is 32.8 Å². The maximum atomic E-state index is 11.9. The minimum Gasteiger partial charge on any atom is -0.481 e. The maximum Gasteiger partial charge on any atom is 0.303 e. The largest absolute Gasteiger partial charge is 0.481 e. The van der Waals surface area contributed by atoms with Crippen molar-refractivity contribution in [2.45, 2.75) is 26.7 Å². The highest BCUT2D eigenvalue weighted by Gasteiger charge is 2.25. The van der Waals surface area contributed by atoms with Gasteiger partial charge in [0.2, 0.25) is 5.91 Å². The lowest BCUT2D eigenvalue weighted by Crippen LogP contribution is -2.24. The number of nitro groups is 1. The van der Waals surface area contributed by atoms with Gasteiger partial charge < -0.3 is 10.4 Å². The molecule has 1 aromatic rings. The molecular weight excluding hydrogens is 344 g/mol. The molecule has 2 N–H and O–H groups in total. The lowest BCUT2D eigenvalue weighted by molar-refractivity contribution is -0.385. The van der Waals surface area contributed by atoms with Crippen LogP contribution >= 0.6 is 15.9 Å². The number of anilines is 1. The fourth-order valence-corrected chi connectivity index (χ4v) is 2.23. The second-order valence-electron chi connectivity index (χ2n) is 5.38. The summed E-state index contributed by atoms with van der Waals surface area (Å²) in [5, 5.41) is 22.1. The van der Waals surface area contributed by atoms with Crippen LogP contribution in [0, 0.1) is 15.5 Å². The van der Waals surface area contributed by atoms with Gasteiger partial charge >= 0.3 is 5.97 Å². The first-order valence-corrected chi connectivity index (χ1v) is 6.85. The predicted molar refractivity (Wildman–Crippen MR) is 80.1 cm³/mol. The topological polar surface area (TPSA) is 110 Å². The average molecular weight is 359 g/mol. The molecule has 0 radical (unpaired) electrons. The third-order valence-electron chi connectivity index (χ3n) is 2.70. The summed E-state index contributed by atoms with van der Waals surface area (Å²) in [5.74, 6) is -1.37. The fourth-order valence-electron chi connectivity index (χ4n) is 1.84. The minimum absolute atomic E-state index is 0.00314. The second-order valence-corrected chi connectivity index (χ2v) is 6.24. The van der Waals surface area contributed by atoms with E-state index in [0.29, 0.717) is 10.2 Å². The van der Waals surface area contributed by atoms with Crippen molar-refractivity contribution >= 4 is 39.2 Å². The summed E-state index contributed by atoms with van der Waals surface area (Å²) in [6.45, 7) is 3.34. The molecule has 0 heterocycles. The average Bonchev–Trinajstić information content (AvgIpc) is 2.28. The zero-order valence-corrected chi connectivity index (χ0v) is 13.1. The Morgan fingerprint density at radius 1 is 1.38 bits per heavy atom. The molecule has 0 atom stereocenters. The molecule has 7 nitrogen and oxygen atoms in total. The lowest BCUT2D eigenvalue weighted by atomic mass is 9.85. The van der Waals surface area contributed by atoms with E-state index < -0.39 is 22.2 Å². The second kappa shape index (κ2) is 6.66. The van der Waals surface area contributed by atoms with Crippen molar-refractivity contribution < 1.29 is 19.6 Å². The van der Waals surface area contributed by atoms with Gasteiger partial charge in [0.15, 0.2) is 0 Å². The Morgan fingerprint density at radius 2 is 2.00 bits per heavy atom. The van der Waals surface area contributed by atoms with E-state index in [0.717, 1.165) is 0 Å². The third kappa shape index (κ3) is 5.50. The van der Waals surface area contributed by atoms with E-state index in [1.165, 1.54) is 18.2 Å². The number of aliphatic carboxylic acids is 1.